The van der Waals surface area contributed by atoms with E-state index in [1.165, 1.54) is 37.0 Å². The number of nitrogens with one attached hydrogen (secondary N) is 1. The third kappa shape index (κ3) is 3.83. The van der Waals surface area contributed by atoms with Crippen molar-refractivity contribution in [3.8, 4) is 0 Å². The molecule has 1 aromatic heterocycles. The Morgan fingerprint density at radius 3 is 2.70 bits per heavy atom. The molecule has 3 heteroatoms. The Kier molecular flexibility index (Phi) is 6.06. The largest absolute Gasteiger partial charge is 0.327 e. The number of imidazole rings is 1. The van der Waals surface area contributed by atoms with Crippen LogP contribution < -0.4 is 5.32 Å². The number of unbranched alkanes of at least 4 members (excludes halogenated alkanes) is 3. The number of benzene rings is 1. The summed E-state index contributed by atoms with van der Waals surface area (Å²) in [6.07, 6.45) is 6.38. The molecule has 0 saturated carbocycles. The first-order valence-electron chi connectivity index (χ1n) is 8.01. The van der Waals surface area contributed by atoms with Crippen molar-refractivity contribution in [1.82, 2.24) is 14.9 Å². The van der Waals surface area contributed by atoms with E-state index < -0.39 is 0 Å². The molecule has 0 radical (unpaired) electrons. The highest BCUT2D eigenvalue weighted by Gasteiger charge is 2.08. The lowest BCUT2D eigenvalue weighted by molar-refractivity contribution is 0.565. The molecule has 20 heavy (non-hydrogen) atoms. The second-order valence-corrected chi connectivity index (χ2v) is 5.41. The van der Waals surface area contributed by atoms with Crippen LogP contribution in [0.1, 0.15) is 51.8 Å². The van der Waals surface area contributed by atoms with Crippen LogP contribution in [0.3, 0.4) is 0 Å². The van der Waals surface area contributed by atoms with Gasteiger partial charge in [-0.25, -0.2) is 4.98 Å². The van der Waals surface area contributed by atoms with Crippen molar-refractivity contribution in [3.63, 3.8) is 0 Å². The molecular weight excluding hydrogens is 246 g/mol. The summed E-state index contributed by atoms with van der Waals surface area (Å²) < 4.78 is 2.36. The van der Waals surface area contributed by atoms with Crippen LogP contribution in [-0.2, 0) is 13.1 Å². The molecule has 3 nitrogen and oxygen atoms in total. The first-order valence-corrected chi connectivity index (χ1v) is 8.01. The van der Waals surface area contributed by atoms with Crippen molar-refractivity contribution in [1.29, 1.82) is 0 Å². The fourth-order valence-electron chi connectivity index (χ4n) is 2.61. The quantitative estimate of drug-likeness (QED) is 0.697. The Hall–Kier alpha value is -1.35. The second kappa shape index (κ2) is 8.05. The molecule has 0 unspecified atom stereocenters. The molecule has 0 atom stereocenters. The number of aryl methyl sites for hydroxylation is 1. The first kappa shape index (κ1) is 15.0. The van der Waals surface area contributed by atoms with Gasteiger partial charge in [-0.15, -0.1) is 0 Å². The third-order valence-corrected chi connectivity index (χ3v) is 3.67. The third-order valence-electron chi connectivity index (χ3n) is 3.67. The normalized spacial score (nSPS) is 11.3. The number of fused-ring (bicyclic) bond motifs is 1. The summed E-state index contributed by atoms with van der Waals surface area (Å²) >= 11 is 0. The van der Waals surface area contributed by atoms with Crippen LogP contribution in [0.25, 0.3) is 11.0 Å². The Morgan fingerprint density at radius 2 is 1.90 bits per heavy atom. The Morgan fingerprint density at radius 1 is 1.05 bits per heavy atom. The fourth-order valence-corrected chi connectivity index (χ4v) is 2.61. The van der Waals surface area contributed by atoms with Crippen molar-refractivity contribution in [2.75, 3.05) is 6.54 Å². The van der Waals surface area contributed by atoms with Crippen molar-refractivity contribution in [2.24, 2.45) is 0 Å². The van der Waals surface area contributed by atoms with Crippen LogP contribution in [0.4, 0.5) is 0 Å². The van der Waals surface area contributed by atoms with Gasteiger partial charge in [0.1, 0.15) is 5.82 Å². The number of hydrogen-bond donors (Lipinski definition) is 1. The Bertz CT molecular complexity index is 516. The molecule has 0 spiro atoms. The van der Waals surface area contributed by atoms with E-state index in [2.05, 4.69) is 48.0 Å². The van der Waals surface area contributed by atoms with Gasteiger partial charge in [0.25, 0.3) is 0 Å². The second-order valence-electron chi connectivity index (χ2n) is 5.41. The zero-order chi connectivity index (χ0) is 14.2. The topological polar surface area (TPSA) is 29.9 Å². The maximum absolute atomic E-state index is 4.77. The van der Waals surface area contributed by atoms with Crippen molar-refractivity contribution in [2.45, 2.75) is 59.0 Å². The summed E-state index contributed by atoms with van der Waals surface area (Å²) in [6, 6.07) is 8.43. The van der Waals surface area contributed by atoms with Gasteiger partial charge in [0.05, 0.1) is 17.6 Å². The summed E-state index contributed by atoms with van der Waals surface area (Å²) in [4.78, 5) is 4.77. The zero-order valence-electron chi connectivity index (χ0n) is 12.9. The summed E-state index contributed by atoms with van der Waals surface area (Å²) in [5, 5.41) is 3.54. The van der Waals surface area contributed by atoms with Crippen molar-refractivity contribution < 1.29 is 0 Å². The van der Waals surface area contributed by atoms with Crippen LogP contribution in [0, 0.1) is 0 Å². The minimum Gasteiger partial charge on any atom is -0.327 e. The smallest absolute Gasteiger partial charge is 0.123 e. The molecule has 1 N–H and O–H groups in total. The van der Waals surface area contributed by atoms with Crippen LogP contribution in [0.15, 0.2) is 24.3 Å². The molecule has 0 aliphatic heterocycles. The van der Waals surface area contributed by atoms with E-state index in [9.17, 15) is 0 Å². The molecule has 0 aliphatic rings. The summed E-state index contributed by atoms with van der Waals surface area (Å²) in [5.41, 5.74) is 2.38. The van der Waals surface area contributed by atoms with Crippen LogP contribution in [-0.4, -0.2) is 16.1 Å². The number of rotatable bonds is 9. The van der Waals surface area contributed by atoms with Crippen LogP contribution in [0.2, 0.25) is 0 Å². The average molecular weight is 273 g/mol. The molecule has 0 aliphatic carbocycles. The van der Waals surface area contributed by atoms with Gasteiger partial charge in [0.15, 0.2) is 0 Å². The summed E-state index contributed by atoms with van der Waals surface area (Å²) in [6.45, 7) is 7.49. The summed E-state index contributed by atoms with van der Waals surface area (Å²) in [7, 11) is 0. The molecule has 1 aromatic carbocycles. The summed E-state index contributed by atoms with van der Waals surface area (Å²) in [5.74, 6) is 1.17. The maximum Gasteiger partial charge on any atom is 0.123 e. The SMILES string of the molecule is CCCCCCNCc1nc2ccccc2n1CCC. The Labute approximate surface area is 122 Å². The van der Waals surface area contributed by atoms with Crippen molar-refractivity contribution >= 4 is 11.0 Å². The van der Waals surface area contributed by atoms with E-state index in [-0.39, 0.29) is 0 Å². The molecule has 0 fully saturated rings. The highest BCUT2D eigenvalue weighted by molar-refractivity contribution is 5.75. The van der Waals surface area contributed by atoms with E-state index in [0.29, 0.717) is 0 Å². The minimum absolute atomic E-state index is 0.876. The van der Waals surface area contributed by atoms with Gasteiger partial charge >= 0.3 is 0 Å². The fraction of sp³-hybridized carbons (Fsp3) is 0.588. The predicted molar refractivity (Wildman–Crippen MR) is 85.9 cm³/mol. The average Bonchev–Trinajstić information content (AvgIpc) is 2.81. The van der Waals surface area contributed by atoms with Gasteiger partial charge in [-0.05, 0) is 31.5 Å². The highest BCUT2D eigenvalue weighted by atomic mass is 15.1. The van der Waals surface area contributed by atoms with E-state index in [0.717, 1.165) is 31.6 Å². The number of para-hydroxylation sites is 2. The van der Waals surface area contributed by atoms with E-state index >= 15 is 0 Å². The first-order chi connectivity index (χ1) is 9.86. The molecule has 2 aromatic rings. The number of hydrogen-bond acceptors (Lipinski definition) is 2. The lowest BCUT2D eigenvalue weighted by Crippen LogP contribution is -2.18. The van der Waals surface area contributed by atoms with Crippen LogP contribution in [0.5, 0.6) is 0 Å². The molecule has 0 amide bonds. The lowest BCUT2D eigenvalue weighted by atomic mass is 10.2. The zero-order valence-corrected chi connectivity index (χ0v) is 12.9. The van der Waals surface area contributed by atoms with E-state index in [1.54, 1.807) is 0 Å². The van der Waals surface area contributed by atoms with Gasteiger partial charge in [-0.2, -0.15) is 0 Å². The Balaban J connectivity index is 1.96. The van der Waals surface area contributed by atoms with Crippen LogP contribution >= 0.6 is 0 Å². The molecular formula is C17H27N3. The van der Waals surface area contributed by atoms with E-state index in [1.807, 2.05) is 0 Å². The lowest BCUT2D eigenvalue weighted by Gasteiger charge is -2.08. The van der Waals surface area contributed by atoms with E-state index in [4.69, 9.17) is 4.98 Å². The molecule has 2 rings (SSSR count). The van der Waals surface area contributed by atoms with Gasteiger partial charge in [0, 0.05) is 6.54 Å². The van der Waals surface area contributed by atoms with Gasteiger partial charge in [0.2, 0.25) is 0 Å². The highest BCUT2D eigenvalue weighted by Crippen LogP contribution is 2.16. The van der Waals surface area contributed by atoms with Gasteiger partial charge in [-0.1, -0.05) is 45.2 Å². The molecule has 0 saturated heterocycles. The monoisotopic (exact) mass is 273 g/mol. The number of nitrogens with zero attached hydrogens (tertiary/aromatic N) is 2. The molecule has 110 valence electrons. The maximum atomic E-state index is 4.77. The predicted octanol–water partition coefficient (Wildman–Crippen LogP) is 4.12. The molecule has 1 heterocycles. The molecule has 0 bridgehead atoms. The van der Waals surface area contributed by atoms with Gasteiger partial charge in [-0.3, -0.25) is 0 Å². The van der Waals surface area contributed by atoms with Crippen molar-refractivity contribution in [3.05, 3.63) is 30.1 Å². The number of aromatic nitrogens is 2. The van der Waals surface area contributed by atoms with Gasteiger partial charge < -0.3 is 9.88 Å². The minimum atomic E-state index is 0.876. The standard InChI is InChI=1S/C17H27N3/c1-3-5-6-9-12-18-14-17-19-15-10-7-8-11-16(15)20(17)13-4-2/h7-8,10-11,18H,3-6,9,12-14H2,1-2H3.